The van der Waals surface area contributed by atoms with Gasteiger partial charge < -0.3 is 10.4 Å². The monoisotopic (exact) mass is 153 g/mol. The fraction of sp³-hybridized carbons (Fsp3) is 0.778. The molecule has 1 fully saturated rings. The van der Waals surface area contributed by atoms with E-state index < -0.39 is 0 Å². The topological polar surface area (TPSA) is 32.3 Å². The normalized spacial score (nSPS) is 42.5. The molecule has 0 aromatic heterocycles. The number of rotatable bonds is 1. The third-order valence-corrected chi connectivity index (χ3v) is 2.97. The molecule has 1 saturated heterocycles. The number of hydrogen-bond acceptors (Lipinski definition) is 2. The molecule has 2 heteroatoms. The summed E-state index contributed by atoms with van der Waals surface area (Å²) in [6, 6.07) is 0.366. The van der Waals surface area contributed by atoms with Crippen molar-refractivity contribution < 1.29 is 5.11 Å². The molecule has 0 bridgehead atoms. The Morgan fingerprint density at radius 1 is 1.36 bits per heavy atom. The van der Waals surface area contributed by atoms with Crippen LogP contribution in [-0.4, -0.2) is 24.3 Å². The second kappa shape index (κ2) is 2.95. The molecule has 0 unspecified atom stereocenters. The Morgan fingerprint density at radius 2 is 2.18 bits per heavy atom. The van der Waals surface area contributed by atoms with Gasteiger partial charge in [0, 0.05) is 6.04 Å². The van der Waals surface area contributed by atoms with Crippen molar-refractivity contribution in [1.29, 1.82) is 0 Å². The molecule has 0 aromatic rings. The summed E-state index contributed by atoms with van der Waals surface area (Å²) in [5.41, 5.74) is 0. The highest BCUT2D eigenvalue weighted by Gasteiger charge is 2.34. The number of aliphatic hydroxyl groups is 1. The lowest BCUT2D eigenvalue weighted by Gasteiger charge is -2.23. The lowest BCUT2D eigenvalue weighted by atomic mass is 9.82. The van der Waals surface area contributed by atoms with E-state index in [-0.39, 0.29) is 0 Å². The highest BCUT2D eigenvalue weighted by molar-refractivity contribution is 5.02. The van der Waals surface area contributed by atoms with Gasteiger partial charge in [-0.05, 0) is 31.2 Å². The van der Waals surface area contributed by atoms with Gasteiger partial charge in [-0.3, -0.25) is 0 Å². The van der Waals surface area contributed by atoms with Crippen molar-refractivity contribution in [2.75, 3.05) is 13.2 Å². The van der Waals surface area contributed by atoms with Crippen LogP contribution in [0.1, 0.15) is 12.8 Å². The van der Waals surface area contributed by atoms with Crippen molar-refractivity contribution in [3.8, 4) is 0 Å². The quantitative estimate of drug-likeness (QED) is 0.539. The van der Waals surface area contributed by atoms with E-state index in [0.717, 1.165) is 18.9 Å². The first-order valence-electron chi connectivity index (χ1n) is 4.41. The van der Waals surface area contributed by atoms with Crippen molar-refractivity contribution in [2.45, 2.75) is 18.9 Å². The second-order valence-electron chi connectivity index (χ2n) is 3.56. The minimum atomic E-state index is 0.301. The molecule has 0 radical (unpaired) electrons. The van der Waals surface area contributed by atoms with E-state index in [1.54, 1.807) is 0 Å². The summed E-state index contributed by atoms with van der Waals surface area (Å²) in [7, 11) is 0. The van der Waals surface area contributed by atoms with Crippen molar-refractivity contribution in [3.05, 3.63) is 12.2 Å². The lowest BCUT2D eigenvalue weighted by Crippen LogP contribution is -2.31. The largest absolute Gasteiger partial charge is 0.395 e. The molecule has 2 aliphatic rings. The van der Waals surface area contributed by atoms with Gasteiger partial charge in [0.15, 0.2) is 0 Å². The maximum absolute atomic E-state index is 9.02. The maximum Gasteiger partial charge on any atom is 0.0587 e. The molecule has 0 spiro atoms. The molecule has 11 heavy (non-hydrogen) atoms. The third kappa shape index (κ3) is 1.21. The van der Waals surface area contributed by atoms with E-state index in [2.05, 4.69) is 17.5 Å². The number of allylic oxidation sites excluding steroid dienone is 2. The molecule has 2 rings (SSSR count). The predicted octanol–water partition coefficient (Wildman–Crippen LogP) is 0.533. The summed E-state index contributed by atoms with van der Waals surface area (Å²) in [5.74, 6) is 1.49. The van der Waals surface area contributed by atoms with Gasteiger partial charge >= 0.3 is 0 Å². The molecule has 1 heterocycles. The average Bonchev–Trinajstić information content (AvgIpc) is 2.47. The molecule has 3 atom stereocenters. The molecular weight excluding hydrogens is 138 g/mol. The minimum absolute atomic E-state index is 0.301. The van der Waals surface area contributed by atoms with E-state index in [1.807, 2.05) is 0 Å². The number of nitrogens with one attached hydrogen (secondary N) is 1. The van der Waals surface area contributed by atoms with Crippen LogP contribution in [0.5, 0.6) is 0 Å². The minimum Gasteiger partial charge on any atom is -0.395 e. The van der Waals surface area contributed by atoms with Gasteiger partial charge in [0.2, 0.25) is 0 Å². The molecule has 2 N–H and O–H groups in total. The van der Waals surface area contributed by atoms with Crippen LogP contribution in [0.4, 0.5) is 0 Å². The van der Waals surface area contributed by atoms with Crippen molar-refractivity contribution in [1.82, 2.24) is 5.32 Å². The molecule has 1 aliphatic carbocycles. The summed E-state index contributed by atoms with van der Waals surface area (Å²) in [6.45, 7) is 1.40. The summed E-state index contributed by atoms with van der Waals surface area (Å²) in [4.78, 5) is 0. The fourth-order valence-corrected chi connectivity index (χ4v) is 2.27. The summed E-state index contributed by atoms with van der Waals surface area (Å²) < 4.78 is 0. The van der Waals surface area contributed by atoms with E-state index in [9.17, 15) is 0 Å². The first kappa shape index (κ1) is 7.32. The van der Waals surface area contributed by atoms with Crippen LogP contribution >= 0.6 is 0 Å². The zero-order valence-electron chi connectivity index (χ0n) is 6.66. The molecule has 0 amide bonds. The maximum atomic E-state index is 9.02. The van der Waals surface area contributed by atoms with Gasteiger partial charge in [0.1, 0.15) is 0 Å². The van der Waals surface area contributed by atoms with E-state index in [1.165, 1.54) is 6.42 Å². The molecule has 1 aliphatic heterocycles. The number of fused-ring (bicyclic) bond motifs is 1. The van der Waals surface area contributed by atoms with Crippen molar-refractivity contribution in [3.63, 3.8) is 0 Å². The number of aliphatic hydroxyl groups excluding tert-OH is 1. The molecule has 62 valence electrons. The highest BCUT2D eigenvalue weighted by atomic mass is 16.3. The molecule has 2 nitrogen and oxygen atoms in total. The summed E-state index contributed by atoms with van der Waals surface area (Å²) in [5, 5.41) is 12.4. The summed E-state index contributed by atoms with van der Waals surface area (Å²) in [6.07, 6.45) is 6.87. The first-order chi connectivity index (χ1) is 5.42. The van der Waals surface area contributed by atoms with Gasteiger partial charge in [-0.2, -0.15) is 0 Å². The Kier molecular flexibility index (Phi) is 1.96. The molecule has 0 aromatic carbocycles. The standard InChI is InChI=1S/C9H15NO/c11-6-9-8-4-2-1-3-7(8)5-10-9/h1-2,7-11H,3-6H2/t7-,8-,9+/m0/s1. The van der Waals surface area contributed by atoms with Crippen molar-refractivity contribution >= 4 is 0 Å². The van der Waals surface area contributed by atoms with Crippen LogP contribution in [0.2, 0.25) is 0 Å². The van der Waals surface area contributed by atoms with Gasteiger partial charge in [-0.15, -0.1) is 0 Å². The SMILES string of the molecule is OC[C@H]1NC[C@@H]2CC=CC[C@@H]21. The predicted molar refractivity (Wildman–Crippen MR) is 44.2 cm³/mol. The first-order valence-corrected chi connectivity index (χ1v) is 4.41. The summed E-state index contributed by atoms with van der Waals surface area (Å²) >= 11 is 0. The zero-order chi connectivity index (χ0) is 7.68. The Hall–Kier alpha value is -0.340. The van der Waals surface area contributed by atoms with Gasteiger partial charge in [-0.25, -0.2) is 0 Å². The van der Waals surface area contributed by atoms with Crippen LogP contribution in [0.25, 0.3) is 0 Å². The average molecular weight is 153 g/mol. The lowest BCUT2D eigenvalue weighted by molar-refractivity contribution is 0.213. The number of hydrogen-bond donors (Lipinski definition) is 2. The zero-order valence-corrected chi connectivity index (χ0v) is 6.66. The van der Waals surface area contributed by atoms with E-state index in [0.29, 0.717) is 18.6 Å². The smallest absolute Gasteiger partial charge is 0.0587 e. The Bertz CT molecular complexity index is 167. The van der Waals surface area contributed by atoms with Crippen LogP contribution in [0.15, 0.2) is 12.2 Å². The van der Waals surface area contributed by atoms with Crippen LogP contribution in [-0.2, 0) is 0 Å². The second-order valence-corrected chi connectivity index (χ2v) is 3.56. The molecular formula is C9H15NO. The van der Waals surface area contributed by atoms with Crippen LogP contribution in [0.3, 0.4) is 0 Å². The van der Waals surface area contributed by atoms with E-state index >= 15 is 0 Å². The van der Waals surface area contributed by atoms with Gasteiger partial charge in [-0.1, -0.05) is 12.2 Å². The Labute approximate surface area is 67.3 Å². The highest BCUT2D eigenvalue weighted by Crippen LogP contribution is 2.31. The fourth-order valence-electron chi connectivity index (χ4n) is 2.27. The van der Waals surface area contributed by atoms with Crippen molar-refractivity contribution in [2.24, 2.45) is 11.8 Å². The van der Waals surface area contributed by atoms with Crippen LogP contribution in [0, 0.1) is 11.8 Å². The van der Waals surface area contributed by atoms with Gasteiger partial charge in [0.25, 0.3) is 0 Å². The third-order valence-electron chi connectivity index (χ3n) is 2.97. The van der Waals surface area contributed by atoms with E-state index in [4.69, 9.17) is 5.11 Å². The Balaban J connectivity index is 2.05. The Morgan fingerprint density at radius 3 is 3.00 bits per heavy atom. The molecule has 0 saturated carbocycles. The van der Waals surface area contributed by atoms with Crippen LogP contribution < -0.4 is 5.32 Å². The van der Waals surface area contributed by atoms with Gasteiger partial charge in [0.05, 0.1) is 6.61 Å².